The number of para-hydroxylation sites is 1. The van der Waals surface area contributed by atoms with Crippen molar-refractivity contribution in [2.45, 2.75) is 13.0 Å². The molecule has 0 saturated heterocycles. The number of anilines is 3. The third kappa shape index (κ3) is 3.47. The standard InChI is InChI=1S/C23H18Cl2N6O2/c24-16-2-1-3-17(25)20(16)31-11-33-21-15(22(31)32)9-27-23(30-21)28-12-4-5-13-14-6-7-26-10-19(14)29-18(13)8-12/h1-5,8-9,26,29H,6-7,10-11H2,(H,27,28,30). The van der Waals surface area contributed by atoms with Crippen LogP contribution in [0.4, 0.5) is 17.3 Å². The van der Waals surface area contributed by atoms with Gasteiger partial charge in [-0.3, -0.25) is 9.69 Å². The van der Waals surface area contributed by atoms with E-state index >= 15 is 0 Å². The van der Waals surface area contributed by atoms with Gasteiger partial charge < -0.3 is 20.4 Å². The molecule has 8 nitrogen and oxygen atoms in total. The van der Waals surface area contributed by atoms with E-state index in [0.717, 1.165) is 30.7 Å². The summed E-state index contributed by atoms with van der Waals surface area (Å²) < 4.78 is 5.76. The van der Waals surface area contributed by atoms with E-state index < -0.39 is 0 Å². The van der Waals surface area contributed by atoms with Crippen LogP contribution in [-0.2, 0) is 13.0 Å². The number of nitrogens with one attached hydrogen (secondary N) is 3. The van der Waals surface area contributed by atoms with E-state index in [1.165, 1.54) is 27.7 Å². The SMILES string of the molecule is O=C1c2cnc(Nc3ccc4c5c([nH]c4c3)CNCC5)nc2OCN1c1c(Cl)cccc1Cl. The number of nitrogens with zero attached hydrogens (tertiary/aromatic N) is 3. The summed E-state index contributed by atoms with van der Waals surface area (Å²) in [7, 11) is 0. The Hall–Kier alpha value is -3.33. The van der Waals surface area contributed by atoms with Crippen molar-refractivity contribution in [3.8, 4) is 5.88 Å². The maximum Gasteiger partial charge on any atom is 0.268 e. The van der Waals surface area contributed by atoms with Crippen molar-refractivity contribution in [2.75, 3.05) is 23.5 Å². The molecule has 0 spiro atoms. The van der Waals surface area contributed by atoms with Gasteiger partial charge in [0.05, 0.1) is 15.7 Å². The minimum atomic E-state index is -0.329. The summed E-state index contributed by atoms with van der Waals surface area (Å²) in [6, 6.07) is 11.2. The first-order chi connectivity index (χ1) is 16.1. The number of benzene rings is 2. The van der Waals surface area contributed by atoms with Gasteiger partial charge in [-0.1, -0.05) is 35.3 Å². The average molecular weight is 481 g/mol. The Kier molecular flexibility index (Phi) is 4.86. The Bertz CT molecular complexity index is 1400. The molecular weight excluding hydrogens is 463 g/mol. The zero-order valence-corrected chi connectivity index (χ0v) is 18.8. The number of hydrogen-bond acceptors (Lipinski definition) is 6. The van der Waals surface area contributed by atoms with Crippen molar-refractivity contribution < 1.29 is 9.53 Å². The lowest BCUT2D eigenvalue weighted by Gasteiger charge is -2.29. The summed E-state index contributed by atoms with van der Waals surface area (Å²) in [5, 5.41) is 8.53. The number of aromatic amines is 1. The number of carbonyl (C=O) groups is 1. The van der Waals surface area contributed by atoms with Crippen LogP contribution in [0.3, 0.4) is 0 Å². The molecule has 6 rings (SSSR count). The number of amides is 1. The van der Waals surface area contributed by atoms with Crippen LogP contribution in [-0.4, -0.2) is 34.1 Å². The summed E-state index contributed by atoms with van der Waals surface area (Å²) >= 11 is 12.5. The molecule has 1 amide bonds. The fourth-order valence-corrected chi connectivity index (χ4v) is 4.91. The van der Waals surface area contributed by atoms with Gasteiger partial charge in [0.25, 0.3) is 5.91 Å². The maximum atomic E-state index is 13.1. The molecule has 2 aromatic heterocycles. The molecule has 4 aromatic rings. The summed E-state index contributed by atoms with van der Waals surface area (Å²) in [5.74, 6) is 0.215. The number of ether oxygens (including phenoxy) is 1. The zero-order chi connectivity index (χ0) is 22.5. The Morgan fingerprint density at radius 2 is 2.00 bits per heavy atom. The van der Waals surface area contributed by atoms with E-state index in [9.17, 15) is 4.79 Å². The first kappa shape index (κ1) is 20.3. The van der Waals surface area contributed by atoms with Crippen molar-refractivity contribution in [1.29, 1.82) is 0 Å². The van der Waals surface area contributed by atoms with E-state index in [-0.39, 0.29) is 24.1 Å². The van der Waals surface area contributed by atoms with Crippen LogP contribution >= 0.6 is 23.2 Å². The molecule has 0 radical (unpaired) electrons. The summed E-state index contributed by atoms with van der Waals surface area (Å²) in [6.45, 7) is 1.78. The molecule has 4 heterocycles. The highest BCUT2D eigenvalue weighted by atomic mass is 35.5. The van der Waals surface area contributed by atoms with E-state index in [1.54, 1.807) is 18.2 Å². The first-order valence-electron chi connectivity index (χ1n) is 10.5. The van der Waals surface area contributed by atoms with Crippen LogP contribution in [0.25, 0.3) is 10.9 Å². The highest BCUT2D eigenvalue weighted by Crippen LogP contribution is 2.37. The lowest BCUT2D eigenvalue weighted by Crippen LogP contribution is -2.39. The molecule has 0 unspecified atom stereocenters. The van der Waals surface area contributed by atoms with Crippen molar-refractivity contribution in [1.82, 2.24) is 20.3 Å². The predicted molar refractivity (Wildman–Crippen MR) is 128 cm³/mol. The molecule has 0 saturated carbocycles. The van der Waals surface area contributed by atoms with Gasteiger partial charge in [-0.2, -0.15) is 4.98 Å². The maximum absolute atomic E-state index is 13.1. The summed E-state index contributed by atoms with van der Waals surface area (Å²) in [6.07, 6.45) is 2.46. The smallest absolute Gasteiger partial charge is 0.268 e. The van der Waals surface area contributed by atoms with Gasteiger partial charge in [0.15, 0.2) is 6.73 Å². The van der Waals surface area contributed by atoms with Crippen LogP contribution in [0.15, 0.2) is 42.6 Å². The molecule has 166 valence electrons. The second-order valence-corrected chi connectivity index (χ2v) is 8.70. The molecule has 2 aromatic carbocycles. The Morgan fingerprint density at radius 3 is 2.85 bits per heavy atom. The van der Waals surface area contributed by atoms with E-state index in [1.807, 2.05) is 12.1 Å². The van der Waals surface area contributed by atoms with Gasteiger partial charge >= 0.3 is 0 Å². The van der Waals surface area contributed by atoms with Crippen molar-refractivity contribution in [2.24, 2.45) is 0 Å². The minimum Gasteiger partial charge on any atom is -0.455 e. The quantitative estimate of drug-likeness (QED) is 0.395. The van der Waals surface area contributed by atoms with Crippen LogP contribution < -0.4 is 20.3 Å². The fourth-order valence-electron chi connectivity index (χ4n) is 4.31. The molecule has 0 fully saturated rings. The summed E-state index contributed by atoms with van der Waals surface area (Å²) in [5.41, 5.74) is 5.13. The van der Waals surface area contributed by atoms with Crippen molar-refractivity contribution in [3.63, 3.8) is 0 Å². The largest absolute Gasteiger partial charge is 0.455 e. The third-order valence-corrected chi connectivity index (χ3v) is 6.48. The lowest BCUT2D eigenvalue weighted by molar-refractivity contribution is 0.0932. The normalized spacial score (nSPS) is 15.2. The number of fused-ring (bicyclic) bond motifs is 4. The average Bonchev–Trinajstić information content (AvgIpc) is 3.18. The van der Waals surface area contributed by atoms with Crippen molar-refractivity contribution >= 4 is 57.3 Å². The van der Waals surface area contributed by atoms with E-state index in [0.29, 0.717) is 21.7 Å². The third-order valence-electron chi connectivity index (χ3n) is 5.87. The number of aromatic nitrogens is 3. The van der Waals surface area contributed by atoms with Gasteiger partial charge in [-0.25, -0.2) is 4.98 Å². The number of rotatable bonds is 3. The highest BCUT2D eigenvalue weighted by molar-refractivity contribution is 6.40. The van der Waals surface area contributed by atoms with E-state index in [2.05, 4.69) is 31.7 Å². The number of carbonyl (C=O) groups excluding carboxylic acids is 1. The Balaban J connectivity index is 1.27. The molecular formula is C23H18Cl2N6O2. The molecule has 33 heavy (non-hydrogen) atoms. The molecule has 0 atom stereocenters. The van der Waals surface area contributed by atoms with Gasteiger partial charge in [0.2, 0.25) is 11.8 Å². The van der Waals surface area contributed by atoms with Gasteiger partial charge in [-0.05, 0) is 42.8 Å². The Morgan fingerprint density at radius 1 is 1.15 bits per heavy atom. The molecule has 2 aliphatic rings. The van der Waals surface area contributed by atoms with Gasteiger partial charge in [-0.15, -0.1) is 0 Å². The van der Waals surface area contributed by atoms with Crippen molar-refractivity contribution in [3.05, 3.63) is 69.5 Å². The monoisotopic (exact) mass is 480 g/mol. The van der Waals surface area contributed by atoms with Gasteiger partial charge in [0.1, 0.15) is 5.56 Å². The molecule has 2 aliphatic heterocycles. The Labute approximate surface area is 198 Å². The second kappa shape index (κ2) is 7.91. The first-order valence-corrected chi connectivity index (χ1v) is 11.2. The van der Waals surface area contributed by atoms with E-state index in [4.69, 9.17) is 27.9 Å². The molecule has 10 heteroatoms. The molecule has 0 aliphatic carbocycles. The second-order valence-electron chi connectivity index (χ2n) is 7.88. The van der Waals surface area contributed by atoms with Crippen LogP contribution in [0.1, 0.15) is 21.6 Å². The van der Waals surface area contributed by atoms with Crippen LogP contribution in [0, 0.1) is 0 Å². The summed E-state index contributed by atoms with van der Waals surface area (Å²) in [4.78, 5) is 26.6. The van der Waals surface area contributed by atoms with Gasteiger partial charge in [0, 0.05) is 35.0 Å². The zero-order valence-electron chi connectivity index (χ0n) is 17.3. The van der Waals surface area contributed by atoms with Crippen LogP contribution in [0.2, 0.25) is 10.0 Å². The fraction of sp³-hybridized carbons (Fsp3) is 0.174. The molecule has 3 N–H and O–H groups in total. The predicted octanol–water partition coefficient (Wildman–Crippen LogP) is 4.65. The van der Waals surface area contributed by atoms with Crippen LogP contribution in [0.5, 0.6) is 5.88 Å². The highest BCUT2D eigenvalue weighted by Gasteiger charge is 2.31. The lowest BCUT2D eigenvalue weighted by atomic mass is 10.0. The molecule has 0 bridgehead atoms. The number of H-pyrrole nitrogens is 1. The topological polar surface area (TPSA) is 95.2 Å². The number of hydrogen-bond donors (Lipinski definition) is 3. The number of halogens is 2. The minimum absolute atomic E-state index is 0.0558.